The minimum Gasteiger partial charge on any atom is -0.298 e. The second-order valence-corrected chi connectivity index (χ2v) is 2.75. The van der Waals surface area contributed by atoms with Crippen molar-refractivity contribution < 1.29 is 0 Å². The van der Waals surface area contributed by atoms with E-state index in [1.54, 1.807) is 13.8 Å². The zero-order valence-electron chi connectivity index (χ0n) is 7.00. The molecule has 4 heteroatoms. The molecule has 1 aromatic rings. The third-order valence-electron chi connectivity index (χ3n) is 2.06. The minimum atomic E-state index is -0.150. The van der Waals surface area contributed by atoms with Gasteiger partial charge < -0.3 is 0 Å². The van der Waals surface area contributed by atoms with Gasteiger partial charge in [-0.05, 0) is 25.0 Å². The fourth-order valence-electron chi connectivity index (χ4n) is 1.00. The molecule has 1 aromatic carbocycles. The summed E-state index contributed by atoms with van der Waals surface area (Å²) < 4.78 is 0. The fourth-order valence-corrected chi connectivity index (χ4v) is 1.00. The molecule has 0 aliphatic carbocycles. The molecule has 62 valence electrons. The van der Waals surface area contributed by atoms with Crippen LogP contribution in [0, 0.1) is 35.5 Å². The topological polar surface area (TPSA) is 95.4 Å². The molecule has 0 saturated heterocycles. The van der Waals surface area contributed by atoms with E-state index in [4.69, 9.17) is 21.6 Å². The molecule has 0 aliphatic rings. The number of hydrogen-bond acceptors (Lipinski definition) is 4. The maximum Gasteiger partial charge on any atom is 0.106 e. The van der Waals surface area contributed by atoms with Gasteiger partial charge in [0.2, 0.25) is 0 Å². The molecule has 0 fully saturated rings. The largest absolute Gasteiger partial charge is 0.298 e. The monoisotopic (exact) mass is 162 g/mol. The predicted molar refractivity (Wildman–Crippen MR) is 41.7 cm³/mol. The highest BCUT2D eigenvalue weighted by atomic mass is 14.5. The first-order valence-corrected chi connectivity index (χ1v) is 3.50. The van der Waals surface area contributed by atoms with Crippen molar-refractivity contribution in [1.29, 1.82) is 21.6 Å². The van der Waals surface area contributed by atoms with Crippen LogP contribution in [0.15, 0.2) is 0 Å². The van der Waals surface area contributed by atoms with E-state index in [0.717, 1.165) is 0 Å². The average Bonchev–Trinajstić information content (AvgIpc) is 2.08. The van der Waals surface area contributed by atoms with E-state index in [1.807, 2.05) is 0 Å². The van der Waals surface area contributed by atoms with Gasteiger partial charge in [-0.1, -0.05) is 0 Å². The number of benzene rings is 1. The van der Waals surface area contributed by atoms with Crippen LogP contribution in [-0.2, 0) is 0 Å². The van der Waals surface area contributed by atoms with Gasteiger partial charge in [0.1, 0.15) is 10.7 Å². The van der Waals surface area contributed by atoms with E-state index in [2.05, 4.69) is 0 Å². The minimum absolute atomic E-state index is 0.0634. The maximum absolute atomic E-state index is 7.43. The van der Waals surface area contributed by atoms with Gasteiger partial charge in [-0.15, -0.1) is 0 Å². The Kier molecular flexibility index (Phi) is 1.76. The van der Waals surface area contributed by atoms with Crippen LogP contribution in [0.2, 0.25) is 0 Å². The summed E-state index contributed by atoms with van der Waals surface area (Å²) in [5.74, 6) is 0. The summed E-state index contributed by atoms with van der Waals surface area (Å²) in [6.45, 7) is 3.40. The van der Waals surface area contributed by atoms with Crippen LogP contribution in [0.1, 0.15) is 11.1 Å². The van der Waals surface area contributed by atoms with E-state index in [-0.39, 0.29) is 21.4 Å². The van der Waals surface area contributed by atoms with Gasteiger partial charge in [-0.3, -0.25) is 21.6 Å². The number of rotatable bonds is 0. The lowest BCUT2D eigenvalue weighted by Gasteiger charge is -1.97. The first-order chi connectivity index (χ1) is 5.46. The van der Waals surface area contributed by atoms with Crippen molar-refractivity contribution >= 4 is 0 Å². The molecular weight excluding hydrogens is 152 g/mol. The van der Waals surface area contributed by atoms with Crippen LogP contribution in [0.4, 0.5) is 0 Å². The lowest BCUT2D eigenvalue weighted by atomic mass is 10.1. The molecule has 0 aromatic heterocycles. The standard InChI is InChI=1S/C8H10N4/c1-3-4(2)6(10)8(12)7(11)5(3)9/h9-12H,1-2H3. The second-order valence-electron chi connectivity index (χ2n) is 2.75. The second kappa shape index (κ2) is 2.48. The summed E-state index contributed by atoms with van der Waals surface area (Å²) in [5.41, 5.74) is 1.25. The molecule has 0 radical (unpaired) electrons. The van der Waals surface area contributed by atoms with Gasteiger partial charge >= 0.3 is 0 Å². The maximum atomic E-state index is 7.43. The van der Waals surface area contributed by atoms with Crippen LogP contribution < -0.4 is 21.4 Å². The number of hydrogen-bond donors (Lipinski definition) is 4. The highest BCUT2D eigenvalue weighted by Gasteiger charge is 2.01. The van der Waals surface area contributed by atoms with Crippen molar-refractivity contribution in [3.8, 4) is 0 Å². The van der Waals surface area contributed by atoms with Crippen molar-refractivity contribution in [3.05, 3.63) is 32.6 Å². The Morgan fingerprint density at radius 3 is 1.08 bits per heavy atom. The molecule has 0 atom stereocenters. The molecule has 0 saturated carbocycles. The highest BCUT2D eigenvalue weighted by molar-refractivity contribution is 5.20. The van der Waals surface area contributed by atoms with E-state index < -0.39 is 0 Å². The lowest BCUT2D eigenvalue weighted by molar-refractivity contribution is 0.963. The molecule has 0 aliphatic heterocycles. The Labute approximate surface area is 68.9 Å². The molecule has 4 nitrogen and oxygen atoms in total. The van der Waals surface area contributed by atoms with E-state index in [1.165, 1.54) is 0 Å². The predicted octanol–water partition coefficient (Wildman–Crippen LogP) is -0.903. The molecule has 0 amide bonds. The Morgan fingerprint density at radius 1 is 0.583 bits per heavy atom. The molecule has 4 N–H and O–H groups in total. The fraction of sp³-hybridized carbons (Fsp3) is 0.250. The summed E-state index contributed by atoms with van der Waals surface area (Å²) in [6.07, 6.45) is 0. The molecule has 0 spiro atoms. The highest BCUT2D eigenvalue weighted by Crippen LogP contribution is 1.86. The first kappa shape index (κ1) is 8.52. The van der Waals surface area contributed by atoms with Crippen molar-refractivity contribution in [2.24, 2.45) is 0 Å². The van der Waals surface area contributed by atoms with Gasteiger partial charge in [0.15, 0.2) is 0 Å². The molecular formula is C8H10N4. The van der Waals surface area contributed by atoms with Gasteiger partial charge in [0, 0.05) is 0 Å². The molecule has 0 unspecified atom stereocenters. The molecule has 0 bridgehead atoms. The van der Waals surface area contributed by atoms with Crippen LogP contribution in [0.5, 0.6) is 0 Å². The zero-order chi connectivity index (χ0) is 9.46. The first-order valence-electron chi connectivity index (χ1n) is 3.50. The summed E-state index contributed by atoms with van der Waals surface area (Å²) in [7, 11) is 0. The van der Waals surface area contributed by atoms with E-state index in [0.29, 0.717) is 11.1 Å². The smallest absolute Gasteiger partial charge is 0.106 e. The van der Waals surface area contributed by atoms with Gasteiger partial charge in [-0.2, -0.15) is 0 Å². The number of nitrogens with one attached hydrogen (secondary N) is 4. The molecule has 1 rings (SSSR count). The third-order valence-corrected chi connectivity index (χ3v) is 2.06. The Hall–Kier alpha value is -1.58. The van der Waals surface area contributed by atoms with Crippen molar-refractivity contribution in [2.45, 2.75) is 13.8 Å². The quantitative estimate of drug-likeness (QED) is 0.380. The van der Waals surface area contributed by atoms with Crippen LogP contribution in [0.25, 0.3) is 0 Å². The summed E-state index contributed by atoms with van der Waals surface area (Å²) in [4.78, 5) is 0. The lowest BCUT2D eigenvalue weighted by Crippen LogP contribution is -2.49. The Bertz CT molecular complexity index is 469. The van der Waals surface area contributed by atoms with Crippen LogP contribution in [-0.4, -0.2) is 0 Å². The van der Waals surface area contributed by atoms with Gasteiger partial charge in [0.25, 0.3) is 0 Å². The van der Waals surface area contributed by atoms with Gasteiger partial charge in [0.05, 0.1) is 10.7 Å². The van der Waals surface area contributed by atoms with E-state index in [9.17, 15) is 0 Å². The summed E-state index contributed by atoms with van der Waals surface area (Å²) in [5, 5.41) is 29.3. The summed E-state index contributed by atoms with van der Waals surface area (Å²) in [6, 6.07) is 0. The average molecular weight is 162 g/mol. The van der Waals surface area contributed by atoms with Crippen LogP contribution >= 0.6 is 0 Å². The molecule has 12 heavy (non-hydrogen) atoms. The third kappa shape index (κ3) is 0.922. The summed E-state index contributed by atoms with van der Waals surface area (Å²) >= 11 is 0. The van der Waals surface area contributed by atoms with E-state index >= 15 is 0 Å². The molecule has 0 heterocycles. The van der Waals surface area contributed by atoms with Crippen molar-refractivity contribution in [3.63, 3.8) is 0 Å². The van der Waals surface area contributed by atoms with Crippen LogP contribution in [0.3, 0.4) is 0 Å². The van der Waals surface area contributed by atoms with Crippen molar-refractivity contribution in [2.75, 3.05) is 0 Å². The zero-order valence-corrected chi connectivity index (χ0v) is 7.00. The SMILES string of the molecule is Cc1c(C)c(=N)c(=N)c(=N)c1=N. The Balaban J connectivity index is 4.15. The van der Waals surface area contributed by atoms with Crippen molar-refractivity contribution in [1.82, 2.24) is 0 Å². The Morgan fingerprint density at radius 2 is 0.833 bits per heavy atom. The van der Waals surface area contributed by atoms with Gasteiger partial charge in [-0.25, -0.2) is 0 Å². The normalized spacial score (nSPS) is 10.2.